The molecule has 2 aliphatic carbocycles. The molecule has 122 valence electrons. The average Bonchev–Trinajstić information content (AvgIpc) is 2.56. The summed E-state index contributed by atoms with van der Waals surface area (Å²) in [6.07, 6.45) is 8.53. The van der Waals surface area contributed by atoms with E-state index in [1.54, 1.807) is 12.1 Å². The molecule has 2 heteroatoms. The van der Waals surface area contributed by atoms with Crippen LogP contribution in [0.2, 0.25) is 0 Å². The molecule has 2 aliphatic rings. The Morgan fingerprint density at radius 2 is 1.88 bits per heavy atom. The second-order valence-electron chi connectivity index (χ2n) is 6.72. The Balaban J connectivity index is 1.94. The third-order valence-corrected chi connectivity index (χ3v) is 4.62. The van der Waals surface area contributed by atoms with E-state index in [9.17, 15) is 9.59 Å². The normalized spacial score (nSPS) is 20.1. The van der Waals surface area contributed by atoms with Gasteiger partial charge in [0, 0.05) is 28.2 Å². The first-order chi connectivity index (χ1) is 11.5. The number of ketones is 2. The van der Waals surface area contributed by atoms with E-state index in [1.165, 1.54) is 5.57 Å². The smallest absolute Gasteiger partial charge is 0.190 e. The molecule has 24 heavy (non-hydrogen) atoms. The first-order valence-corrected chi connectivity index (χ1v) is 8.40. The van der Waals surface area contributed by atoms with Crippen molar-refractivity contribution in [2.24, 2.45) is 5.92 Å². The van der Waals surface area contributed by atoms with E-state index in [0.29, 0.717) is 28.7 Å². The van der Waals surface area contributed by atoms with E-state index in [2.05, 4.69) is 18.7 Å². The predicted molar refractivity (Wildman–Crippen MR) is 97.2 cm³/mol. The largest absolute Gasteiger partial charge is 0.289 e. The Bertz CT molecular complexity index is 818. The fourth-order valence-electron chi connectivity index (χ4n) is 3.57. The monoisotopic (exact) mass is 318 g/mol. The molecule has 0 aromatic heterocycles. The van der Waals surface area contributed by atoms with Crippen LogP contribution in [0.5, 0.6) is 0 Å². The lowest BCUT2D eigenvalue weighted by molar-refractivity contribution is 0.0963. The minimum absolute atomic E-state index is 0.0216. The summed E-state index contributed by atoms with van der Waals surface area (Å²) in [7, 11) is 0. The molecule has 1 atom stereocenters. The highest BCUT2D eigenvalue weighted by Crippen LogP contribution is 2.39. The Morgan fingerprint density at radius 1 is 1.21 bits per heavy atom. The molecule has 0 N–H and O–H groups in total. The molecule has 0 saturated heterocycles. The molecule has 0 aliphatic heterocycles. The van der Waals surface area contributed by atoms with Gasteiger partial charge in [0.2, 0.25) is 0 Å². The fourth-order valence-corrected chi connectivity index (χ4v) is 3.57. The second-order valence-corrected chi connectivity index (χ2v) is 6.72. The second kappa shape index (κ2) is 6.56. The van der Waals surface area contributed by atoms with E-state index < -0.39 is 0 Å². The van der Waals surface area contributed by atoms with E-state index in [1.807, 2.05) is 32.1 Å². The summed E-state index contributed by atoms with van der Waals surface area (Å²) in [4.78, 5) is 25.8. The van der Waals surface area contributed by atoms with Gasteiger partial charge in [-0.05, 0) is 33.1 Å². The van der Waals surface area contributed by atoms with Crippen molar-refractivity contribution in [2.45, 2.75) is 33.1 Å². The van der Waals surface area contributed by atoms with Crippen LogP contribution in [0.4, 0.5) is 0 Å². The zero-order chi connectivity index (χ0) is 17.3. The summed E-state index contributed by atoms with van der Waals surface area (Å²) < 4.78 is 0. The quantitative estimate of drug-likeness (QED) is 0.562. The van der Waals surface area contributed by atoms with Crippen LogP contribution >= 0.6 is 0 Å². The van der Waals surface area contributed by atoms with Gasteiger partial charge in [-0.1, -0.05) is 60.2 Å². The van der Waals surface area contributed by atoms with Crippen molar-refractivity contribution in [2.75, 3.05) is 0 Å². The van der Waals surface area contributed by atoms with Gasteiger partial charge in [-0.25, -0.2) is 0 Å². The number of carbonyl (C=O) groups is 2. The minimum Gasteiger partial charge on any atom is -0.289 e. The number of hydrogen-bond acceptors (Lipinski definition) is 2. The number of rotatable bonds is 4. The topological polar surface area (TPSA) is 34.1 Å². The molecule has 0 fully saturated rings. The molecule has 0 amide bonds. The third-order valence-electron chi connectivity index (χ3n) is 4.62. The lowest BCUT2D eigenvalue weighted by Gasteiger charge is -2.29. The first kappa shape index (κ1) is 16.4. The molecular formula is C22H22O2. The summed E-state index contributed by atoms with van der Waals surface area (Å²) in [6, 6.07) is 7.17. The van der Waals surface area contributed by atoms with Gasteiger partial charge in [-0.15, -0.1) is 0 Å². The zero-order valence-corrected chi connectivity index (χ0v) is 14.3. The van der Waals surface area contributed by atoms with Gasteiger partial charge < -0.3 is 0 Å². The summed E-state index contributed by atoms with van der Waals surface area (Å²) >= 11 is 0. The van der Waals surface area contributed by atoms with Crippen molar-refractivity contribution < 1.29 is 9.59 Å². The van der Waals surface area contributed by atoms with Gasteiger partial charge in [0.25, 0.3) is 0 Å². The number of carbonyl (C=O) groups excluding carboxylic acids is 2. The Labute approximate surface area is 143 Å². The SMILES string of the molecule is C=C(C)/C=C/CCC1C=C(C)CC2=C1C(=O)c1ccccc1C2=O. The Kier molecular flexibility index (Phi) is 4.48. The zero-order valence-electron chi connectivity index (χ0n) is 14.3. The molecular weight excluding hydrogens is 296 g/mol. The Morgan fingerprint density at radius 3 is 2.54 bits per heavy atom. The van der Waals surface area contributed by atoms with Crippen LogP contribution < -0.4 is 0 Å². The van der Waals surface area contributed by atoms with Gasteiger partial charge in [0.05, 0.1) is 0 Å². The third kappa shape index (κ3) is 2.96. The maximum atomic E-state index is 13.0. The van der Waals surface area contributed by atoms with Crippen molar-refractivity contribution in [1.29, 1.82) is 0 Å². The van der Waals surface area contributed by atoms with Crippen LogP contribution in [-0.4, -0.2) is 11.6 Å². The Hall–Kier alpha value is -2.48. The molecule has 0 spiro atoms. The lowest BCUT2D eigenvalue weighted by Crippen LogP contribution is -2.28. The number of hydrogen-bond donors (Lipinski definition) is 0. The highest BCUT2D eigenvalue weighted by atomic mass is 16.1. The predicted octanol–water partition coefficient (Wildman–Crippen LogP) is 5.24. The van der Waals surface area contributed by atoms with Crippen molar-refractivity contribution in [1.82, 2.24) is 0 Å². The summed E-state index contributed by atoms with van der Waals surface area (Å²) in [5, 5.41) is 0. The van der Waals surface area contributed by atoms with Crippen LogP contribution in [0.25, 0.3) is 0 Å². The summed E-state index contributed by atoms with van der Waals surface area (Å²) in [6.45, 7) is 7.86. The number of fused-ring (bicyclic) bond motifs is 1. The van der Waals surface area contributed by atoms with Crippen molar-refractivity contribution in [3.05, 3.63) is 82.5 Å². The summed E-state index contributed by atoms with van der Waals surface area (Å²) in [5.74, 6) is 0.0706. The first-order valence-electron chi connectivity index (χ1n) is 8.40. The number of allylic oxidation sites excluding steroid dienone is 7. The average molecular weight is 318 g/mol. The minimum atomic E-state index is 0.0216. The lowest BCUT2D eigenvalue weighted by atomic mass is 9.72. The number of Topliss-reactive ketones (excluding diaryl/α,β-unsaturated/α-hetero) is 2. The molecule has 1 unspecified atom stereocenters. The van der Waals surface area contributed by atoms with E-state index in [-0.39, 0.29) is 17.5 Å². The molecule has 0 radical (unpaired) electrons. The van der Waals surface area contributed by atoms with Gasteiger partial charge in [-0.2, -0.15) is 0 Å². The van der Waals surface area contributed by atoms with Gasteiger partial charge in [0.15, 0.2) is 11.6 Å². The molecule has 1 aromatic rings. The molecule has 0 heterocycles. The highest BCUT2D eigenvalue weighted by molar-refractivity contribution is 6.27. The van der Waals surface area contributed by atoms with Gasteiger partial charge in [0.1, 0.15) is 0 Å². The van der Waals surface area contributed by atoms with Gasteiger partial charge in [-0.3, -0.25) is 9.59 Å². The maximum Gasteiger partial charge on any atom is 0.190 e. The molecule has 2 nitrogen and oxygen atoms in total. The summed E-state index contributed by atoms with van der Waals surface area (Å²) in [5.41, 5.74) is 4.71. The van der Waals surface area contributed by atoms with Crippen LogP contribution in [0, 0.1) is 5.92 Å². The van der Waals surface area contributed by atoms with Crippen molar-refractivity contribution >= 4 is 11.6 Å². The molecule has 1 aromatic carbocycles. The molecule has 3 rings (SSSR count). The highest BCUT2D eigenvalue weighted by Gasteiger charge is 2.36. The van der Waals surface area contributed by atoms with Gasteiger partial charge >= 0.3 is 0 Å². The maximum absolute atomic E-state index is 13.0. The van der Waals surface area contributed by atoms with Crippen LogP contribution in [0.15, 0.2) is 71.4 Å². The fraction of sp³-hybridized carbons (Fsp3) is 0.273. The van der Waals surface area contributed by atoms with Crippen LogP contribution in [-0.2, 0) is 0 Å². The molecule has 0 saturated carbocycles. The van der Waals surface area contributed by atoms with Crippen LogP contribution in [0.3, 0.4) is 0 Å². The van der Waals surface area contributed by atoms with Crippen molar-refractivity contribution in [3.63, 3.8) is 0 Å². The van der Waals surface area contributed by atoms with E-state index in [4.69, 9.17) is 0 Å². The number of benzene rings is 1. The van der Waals surface area contributed by atoms with Crippen molar-refractivity contribution in [3.8, 4) is 0 Å². The van der Waals surface area contributed by atoms with E-state index >= 15 is 0 Å². The van der Waals surface area contributed by atoms with Crippen LogP contribution in [0.1, 0.15) is 53.8 Å². The molecule has 0 bridgehead atoms. The van der Waals surface area contributed by atoms with E-state index in [0.717, 1.165) is 18.4 Å². The standard InChI is InChI=1S/C22H22O2/c1-14(2)8-4-5-9-16-12-15(3)13-19-20(16)22(24)18-11-7-6-10-17(18)21(19)23/h4,6-8,10-12,16H,1,5,9,13H2,2-3H3/b8-4+.